The fourth-order valence-corrected chi connectivity index (χ4v) is 2.42. The van der Waals surface area contributed by atoms with E-state index in [-0.39, 0.29) is 11.9 Å². The first-order valence-electron chi connectivity index (χ1n) is 8.63. The van der Waals surface area contributed by atoms with Crippen LogP contribution in [0.15, 0.2) is 36.4 Å². The molecule has 3 N–H and O–H groups in total. The smallest absolute Gasteiger partial charge is 0.319 e. The van der Waals surface area contributed by atoms with Crippen LogP contribution in [0, 0.1) is 6.92 Å². The normalized spacial score (nSPS) is 10.1. The van der Waals surface area contributed by atoms with Gasteiger partial charge in [0, 0.05) is 36.0 Å². The van der Waals surface area contributed by atoms with Crippen molar-refractivity contribution in [1.82, 2.24) is 5.32 Å². The van der Waals surface area contributed by atoms with Gasteiger partial charge in [-0.1, -0.05) is 13.0 Å². The van der Waals surface area contributed by atoms with Crippen molar-refractivity contribution in [3.63, 3.8) is 0 Å². The molecule has 0 aliphatic carbocycles. The molecule has 0 aromatic heterocycles. The number of methoxy groups -OCH3 is 2. The molecule has 0 fully saturated rings. The quantitative estimate of drug-likeness (QED) is 0.693. The molecule has 0 atom stereocenters. The largest absolute Gasteiger partial charge is 0.497 e. The summed E-state index contributed by atoms with van der Waals surface area (Å²) in [6, 6.07) is 10.4. The van der Waals surface area contributed by atoms with Crippen LogP contribution < -0.4 is 25.4 Å². The summed E-state index contributed by atoms with van der Waals surface area (Å²) in [6.07, 6.45) is 0.390. The van der Waals surface area contributed by atoms with Crippen molar-refractivity contribution >= 4 is 23.3 Å². The SMILES string of the molecule is CCC(=O)Nc1cc(NC(=O)NCc2ccc(OC)cc2OC)ccc1C. The van der Waals surface area contributed by atoms with Gasteiger partial charge in [0.1, 0.15) is 11.5 Å². The summed E-state index contributed by atoms with van der Waals surface area (Å²) in [6.45, 7) is 3.98. The lowest BCUT2D eigenvalue weighted by Gasteiger charge is -2.13. The Labute approximate surface area is 159 Å². The molecule has 2 rings (SSSR count). The van der Waals surface area contributed by atoms with Crippen molar-refractivity contribution in [2.24, 2.45) is 0 Å². The average Bonchev–Trinajstić information content (AvgIpc) is 2.68. The van der Waals surface area contributed by atoms with E-state index in [9.17, 15) is 9.59 Å². The monoisotopic (exact) mass is 371 g/mol. The molecular weight excluding hydrogens is 346 g/mol. The molecule has 0 spiro atoms. The topological polar surface area (TPSA) is 88.7 Å². The van der Waals surface area contributed by atoms with Crippen LogP contribution in [-0.4, -0.2) is 26.2 Å². The predicted octanol–water partition coefficient (Wildman–Crippen LogP) is 3.68. The van der Waals surface area contributed by atoms with Crippen LogP contribution in [0.5, 0.6) is 11.5 Å². The van der Waals surface area contributed by atoms with E-state index in [0.717, 1.165) is 11.1 Å². The minimum atomic E-state index is -0.357. The minimum Gasteiger partial charge on any atom is -0.497 e. The molecule has 0 heterocycles. The second kappa shape index (κ2) is 9.47. The van der Waals surface area contributed by atoms with Gasteiger partial charge in [0.05, 0.1) is 14.2 Å². The van der Waals surface area contributed by atoms with Crippen molar-refractivity contribution in [1.29, 1.82) is 0 Å². The fourth-order valence-electron chi connectivity index (χ4n) is 2.42. The van der Waals surface area contributed by atoms with Crippen LogP contribution in [0.3, 0.4) is 0 Å². The van der Waals surface area contributed by atoms with Crippen LogP contribution in [0.4, 0.5) is 16.2 Å². The number of aryl methyl sites for hydroxylation is 1. The molecule has 7 nitrogen and oxygen atoms in total. The first kappa shape index (κ1) is 20.1. The third kappa shape index (κ3) is 5.64. The Morgan fingerprint density at radius 3 is 2.44 bits per heavy atom. The number of benzene rings is 2. The van der Waals surface area contributed by atoms with Crippen LogP contribution in [-0.2, 0) is 11.3 Å². The number of nitrogens with one attached hydrogen (secondary N) is 3. The van der Waals surface area contributed by atoms with Crippen molar-refractivity contribution in [2.45, 2.75) is 26.8 Å². The van der Waals surface area contributed by atoms with Gasteiger partial charge in [0.15, 0.2) is 0 Å². The summed E-state index contributed by atoms with van der Waals surface area (Å²) in [7, 11) is 3.15. The van der Waals surface area contributed by atoms with E-state index >= 15 is 0 Å². The maximum atomic E-state index is 12.2. The van der Waals surface area contributed by atoms with Gasteiger partial charge in [-0.3, -0.25) is 4.79 Å². The zero-order valence-electron chi connectivity index (χ0n) is 16.0. The Balaban J connectivity index is 2.00. The molecular formula is C20H25N3O4. The lowest BCUT2D eigenvalue weighted by Crippen LogP contribution is -2.28. The van der Waals surface area contributed by atoms with E-state index in [1.807, 2.05) is 19.1 Å². The standard InChI is InChI=1S/C20H25N3O4/c1-5-19(24)23-17-10-15(8-6-13(17)2)22-20(25)21-12-14-7-9-16(26-3)11-18(14)27-4/h6-11H,5,12H2,1-4H3,(H,23,24)(H2,21,22,25). The average molecular weight is 371 g/mol. The molecule has 144 valence electrons. The molecule has 0 aliphatic heterocycles. The lowest BCUT2D eigenvalue weighted by atomic mass is 10.1. The zero-order chi connectivity index (χ0) is 19.8. The molecule has 2 aromatic rings. The summed E-state index contributed by atoms with van der Waals surface area (Å²) in [5, 5.41) is 8.37. The third-order valence-corrected chi connectivity index (χ3v) is 4.02. The zero-order valence-corrected chi connectivity index (χ0v) is 16.0. The molecule has 0 radical (unpaired) electrons. The van der Waals surface area contributed by atoms with E-state index in [0.29, 0.717) is 35.8 Å². The number of ether oxygens (including phenoxy) is 2. The number of carbonyl (C=O) groups excluding carboxylic acids is 2. The fraction of sp³-hybridized carbons (Fsp3) is 0.300. The summed E-state index contributed by atoms with van der Waals surface area (Å²) in [4.78, 5) is 23.8. The second-order valence-electron chi connectivity index (χ2n) is 5.92. The molecule has 0 bridgehead atoms. The summed E-state index contributed by atoms with van der Waals surface area (Å²) in [5.41, 5.74) is 3.02. The van der Waals surface area contributed by atoms with Gasteiger partial charge < -0.3 is 25.4 Å². The first-order valence-corrected chi connectivity index (χ1v) is 8.63. The first-order chi connectivity index (χ1) is 13.0. The Hall–Kier alpha value is -3.22. The lowest BCUT2D eigenvalue weighted by molar-refractivity contribution is -0.115. The van der Waals surface area contributed by atoms with Crippen molar-refractivity contribution in [3.8, 4) is 11.5 Å². The summed E-state index contributed by atoms with van der Waals surface area (Å²) >= 11 is 0. The number of hydrogen-bond acceptors (Lipinski definition) is 4. The number of carbonyl (C=O) groups is 2. The molecule has 0 unspecified atom stereocenters. The van der Waals surface area contributed by atoms with Crippen LogP contribution >= 0.6 is 0 Å². The van der Waals surface area contributed by atoms with E-state index in [4.69, 9.17) is 9.47 Å². The second-order valence-corrected chi connectivity index (χ2v) is 5.92. The predicted molar refractivity (Wildman–Crippen MR) is 106 cm³/mol. The van der Waals surface area contributed by atoms with Crippen molar-refractivity contribution in [2.75, 3.05) is 24.9 Å². The number of anilines is 2. The highest BCUT2D eigenvalue weighted by Crippen LogP contribution is 2.24. The van der Waals surface area contributed by atoms with Crippen molar-refractivity contribution in [3.05, 3.63) is 47.5 Å². The Kier molecular flexibility index (Phi) is 7.05. The highest BCUT2D eigenvalue weighted by molar-refractivity contribution is 5.94. The molecule has 2 aromatic carbocycles. The van der Waals surface area contributed by atoms with Gasteiger partial charge in [0.25, 0.3) is 0 Å². The van der Waals surface area contributed by atoms with Gasteiger partial charge in [-0.25, -0.2) is 4.79 Å². The van der Waals surface area contributed by atoms with E-state index in [1.54, 1.807) is 45.4 Å². The molecule has 0 saturated carbocycles. The van der Waals surface area contributed by atoms with E-state index in [1.165, 1.54) is 0 Å². The molecule has 3 amide bonds. The number of hydrogen-bond donors (Lipinski definition) is 3. The van der Waals surface area contributed by atoms with Gasteiger partial charge in [-0.15, -0.1) is 0 Å². The van der Waals surface area contributed by atoms with Gasteiger partial charge in [-0.2, -0.15) is 0 Å². The number of urea groups is 1. The number of rotatable bonds is 7. The summed E-state index contributed by atoms with van der Waals surface area (Å²) in [5.74, 6) is 1.24. The van der Waals surface area contributed by atoms with E-state index in [2.05, 4.69) is 16.0 Å². The highest BCUT2D eigenvalue weighted by atomic mass is 16.5. The Morgan fingerprint density at radius 1 is 1.00 bits per heavy atom. The molecule has 0 saturated heterocycles. The maximum absolute atomic E-state index is 12.2. The van der Waals surface area contributed by atoms with Crippen LogP contribution in [0.1, 0.15) is 24.5 Å². The third-order valence-electron chi connectivity index (χ3n) is 4.02. The van der Waals surface area contributed by atoms with Crippen molar-refractivity contribution < 1.29 is 19.1 Å². The molecule has 0 aliphatic rings. The van der Waals surface area contributed by atoms with Gasteiger partial charge in [-0.05, 0) is 36.8 Å². The van der Waals surface area contributed by atoms with Gasteiger partial charge in [0.2, 0.25) is 5.91 Å². The van der Waals surface area contributed by atoms with Crippen LogP contribution in [0.2, 0.25) is 0 Å². The maximum Gasteiger partial charge on any atom is 0.319 e. The Morgan fingerprint density at radius 2 is 1.78 bits per heavy atom. The Bertz CT molecular complexity index is 821. The van der Waals surface area contributed by atoms with E-state index < -0.39 is 0 Å². The minimum absolute atomic E-state index is 0.0775. The number of amides is 3. The molecule has 7 heteroatoms. The van der Waals surface area contributed by atoms with Gasteiger partial charge >= 0.3 is 6.03 Å². The summed E-state index contributed by atoms with van der Waals surface area (Å²) < 4.78 is 10.5. The van der Waals surface area contributed by atoms with Crippen LogP contribution in [0.25, 0.3) is 0 Å². The molecule has 27 heavy (non-hydrogen) atoms. The highest BCUT2D eigenvalue weighted by Gasteiger charge is 2.09.